The first kappa shape index (κ1) is 13.2. The van der Waals surface area contributed by atoms with Gasteiger partial charge in [0.1, 0.15) is 0 Å². The predicted molar refractivity (Wildman–Crippen MR) is 66.2 cm³/mol. The van der Waals surface area contributed by atoms with Gasteiger partial charge in [-0.1, -0.05) is 39.5 Å². The van der Waals surface area contributed by atoms with Gasteiger partial charge >= 0.3 is 0 Å². The molecule has 0 aliphatic rings. The Labute approximate surface area is 98.5 Å². The van der Waals surface area contributed by atoms with Crippen molar-refractivity contribution in [3.63, 3.8) is 0 Å². The van der Waals surface area contributed by atoms with Crippen molar-refractivity contribution in [2.45, 2.75) is 65.0 Å². The Morgan fingerprint density at radius 3 is 2.75 bits per heavy atom. The molecule has 1 N–H and O–H groups in total. The third-order valence-corrected chi connectivity index (χ3v) is 2.88. The number of hydrogen-bond donors (Lipinski definition) is 1. The summed E-state index contributed by atoms with van der Waals surface area (Å²) in [5.41, 5.74) is 0.971. The Bertz CT molecular complexity index is 283. The molecule has 92 valence electrons. The molecule has 0 amide bonds. The lowest BCUT2D eigenvalue weighted by Gasteiger charge is -2.13. The summed E-state index contributed by atoms with van der Waals surface area (Å²) < 4.78 is 2.06. The molecule has 0 spiro atoms. The van der Waals surface area contributed by atoms with E-state index in [1.54, 1.807) is 6.20 Å². The fourth-order valence-corrected chi connectivity index (χ4v) is 1.95. The van der Waals surface area contributed by atoms with Gasteiger partial charge < -0.3 is 9.67 Å². The summed E-state index contributed by atoms with van der Waals surface area (Å²) in [7, 11) is 0. The summed E-state index contributed by atoms with van der Waals surface area (Å²) in [5, 5.41) is 10.1. The highest BCUT2D eigenvalue weighted by atomic mass is 16.3. The van der Waals surface area contributed by atoms with Crippen LogP contribution >= 0.6 is 0 Å². The average molecular weight is 224 g/mol. The molecule has 0 aliphatic carbocycles. The van der Waals surface area contributed by atoms with Gasteiger partial charge in [0.25, 0.3) is 0 Å². The van der Waals surface area contributed by atoms with Gasteiger partial charge in [-0.2, -0.15) is 0 Å². The van der Waals surface area contributed by atoms with E-state index < -0.39 is 0 Å². The predicted octanol–water partition coefficient (Wildman–Crippen LogP) is 3.30. The van der Waals surface area contributed by atoms with Crippen molar-refractivity contribution in [1.82, 2.24) is 9.55 Å². The van der Waals surface area contributed by atoms with E-state index in [4.69, 9.17) is 0 Å². The Kier molecular flexibility index (Phi) is 6.16. The number of nitrogens with zero attached hydrogens (tertiary/aromatic N) is 2. The van der Waals surface area contributed by atoms with Gasteiger partial charge in [0.15, 0.2) is 0 Å². The van der Waals surface area contributed by atoms with Crippen LogP contribution in [0, 0.1) is 0 Å². The molecule has 0 bridgehead atoms. The Morgan fingerprint density at radius 2 is 2.06 bits per heavy atom. The molecule has 1 unspecified atom stereocenters. The number of aryl methyl sites for hydroxylation is 1. The molecule has 1 aromatic rings. The zero-order chi connectivity index (χ0) is 11.8. The SMILES string of the molecule is CCCCCCC(O)c1cncn1CCC. The molecule has 0 saturated heterocycles. The highest BCUT2D eigenvalue weighted by molar-refractivity contribution is 5.02. The molecular formula is C13H24N2O. The zero-order valence-electron chi connectivity index (χ0n) is 10.5. The van der Waals surface area contributed by atoms with E-state index in [2.05, 4.69) is 23.4 Å². The minimum absolute atomic E-state index is 0.342. The zero-order valence-corrected chi connectivity index (χ0v) is 10.5. The number of rotatable bonds is 8. The van der Waals surface area contributed by atoms with Crippen LogP contribution in [0.1, 0.15) is 64.2 Å². The second-order valence-electron chi connectivity index (χ2n) is 4.38. The maximum atomic E-state index is 10.1. The van der Waals surface area contributed by atoms with Crippen LogP contribution in [0.2, 0.25) is 0 Å². The summed E-state index contributed by atoms with van der Waals surface area (Å²) in [6, 6.07) is 0. The minimum atomic E-state index is -0.342. The van der Waals surface area contributed by atoms with Gasteiger partial charge in [0.2, 0.25) is 0 Å². The van der Waals surface area contributed by atoms with Crippen LogP contribution in [0.4, 0.5) is 0 Å². The molecule has 16 heavy (non-hydrogen) atoms. The second-order valence-corrected chi connectivity index (χ2v) is 4.38. The van der Waals surface area contributed by atoms with Crippen LogP contribution in [-0.2, 0) is 6.54 Å². The van der Waals surface area contributed by atoms with Gasteiger partial charge in [-0.25, -0.2) is 4.98 Å². The molecule has 1 rings (SSSR count). The van der Waals surface area contributed by atoms with Crippen molar-refractivity contribution in [3.05, 3.63) is 18.2 Å². The summed E-state index contributed by atoms with van der Waals surface area (Å²) in [5.74, 6) is 0. The molecular weight excluding hydrogens is 200 g/mol. The van der Waals surface area contributed by atoms with Crippen molar-refractivity contribution >= 4 is 0 Å². The number of aromatic nitrogens is 2. The van der Waals surface area contributed by atoms with Crippen molar-refractivity contribution in [2.75, 3.05) is 0 Å². The van der Waals surface area contributed by atoms with Gasteiger partial charge in [-0.3, -0.25) is 0 Å². The van der Waals surface area contributed by atoms with Crippen LogP contribution in [0.3, 0.4) is 0 Å². The molecule has 3 heteroatoms. The summed E-state index contributed by atoms with van der Waals surface area (Å²) in [4.78, 5) is 4.11. The van der Waals surface area contributed by atoms with Crippen LogP contribution in [0.25, 0.3) is 0 Å². The quantitative estimate of drug-likeness (QED) is 0.688. The van der Waals surface area contributed by atoms with Gasteiger partial charge in [0.05, 0.1) is 24.3 Å². The largest absolute Gasteiger partial charge is 0.387 e. The first-order valence-electron chi connectivity index (χ1n) is 6.47. The Hall–Kier alpha value is -0.830. The first-order chi connectivity index (χ1) is 7.79. The van der Waals surface area contributed by atoms with Crippen LogP contribution < -0.4 is 0 Å². The number of aliphatic hydroxyl groups excluding tert-OH is 1. The minimum Gasteiger partial charge on any atom is -0.387 e. The van der Waals surface area contributed by atoms with Crippen molar-refractivity contribution in [3.8, 4) is 0 Å². The molecule has 1 atom stereocenters. The smallest absolute Gasteiger partial charge is 0.0955 e. The highest BCUT2D eigenvalue weighted by Gasteiger charge is 2.11. The first-order valence-corrected chi connectivity index (χ1v) is 6.47. The lowest BCUT2D eigenvalue weighted by Crippen LogP contribution is -2.06. The maximum absolute atomic E-state index is 10.1. The fraction of sp³-hybridized carbons (Fsp3) is 0.769. The van der Waals surface area contributed by atoms with Crippen molar-refractivity contribution in [2.24, 2.45) is 0 Å². The van der Waals surface area contributed by atoms with E-state index in [1.807, 2.05) is 6.33 Å². The number of unbranched alkanes of at least 4 members (excludes halogenated alkanes) is 3. The van der Waals surface area contributed by atoms with E-state index in [0.717, 1.165) is 31.5 Å². The molecule has 0 aliphatic heterocycles. The van der Waals surface area contributed by atoms with E-state index in [-0.39, 0.29) is 6.10 Å². The summed E-state index contributed by atoms with van der Waals surface area (Å²) in [6.45, 7) is 5.28. The van der Waals surface area contributed by atoms with E-state index in [0.29, 0.717) is 0 Å². The van der Waals surface area contributed by atoms with Crippen molar-refractivity contribution < 1.29 is 5.11 Å². The molecule has 0 saturated carbocycles. The summed E-state index contributed by atoms with van der Waals surface area (Å²) >= 11 is 0. The van der Waals surface area contributed by atoms with Gasteiger partial charge in [-0.05, 0) is 12.8 Å². The number of hydrogen-bond acceptors (Lipinski definition) is 2. The van der Waals surface area contributed by atoms with Crippen molar-refractivity contribution in [1.29, 1.82) is 0 Å². The molecule has 1 aromatic heterocycles. The second kappa shape index (κ2) is 7.44. The fourth-order valence-electron chi connectivity index (χ4n) is 1.95. The monoisotopic (exact) mass is 224 g/mol. The lowest BCUT2D eigenvalue weighted by molar-refractivity contribution is 0.154. The van der Waals surface area contributed by atoms with E-state index in [9.17, 15) is 5.11 Å². The summed E-state index contributed by atoms with van der Waals surface area (Å²) in [6.07, 6.45) is 10.0. The van der Waals surface area contributed by atoms with Gasteiger partial charge in [0, 0.05) is 6.54 Å². The van der Waals surface area contributed by atoms with E-state index >= 15 is 0 Å². The third kappa shape index (κ3) is 3.97. The van der Waals surface area contributed by atoms with E-state index in [1.165, 1.54) is 19.3 Å². The topological polar surface area (TPSA) is 38.1 Å². The third-order valence-electron chi connectivity index (χ3n) is 2.88. The van der Waals surface area contributed by atoms with Crippen LogP contribution in [0.5, 0.6) is 0 Å². The highest BCUT2D eigenvalue weighted by Crippen LogP contribution is 2.19. The Morgan fingerprint density at radius 1 is 1.25 bits per heavy atom. The number of aliphatic hydroxyl groups is 1. The molecule has 3 nitrogen and oxygen atoms in total. The van der Waals surface area contributed by atoms with Crippen LogP contribution in [0.15, 0.2) is 12.5 Å². The normalized spacial score (nSPS) is 12.9. The van der Waals surface area contributed by atoms with Gasteiger partial charge in [-0.15, -0.1) is 0 Å². The standard InChI is InChI=1S/C13H24N2O/c1-3-5-6-7-8-13(16)12-10-14-11-15(12)9-4-2/h10-11,13,16H,3-9H2,1-2H3. The lowest BCUT2D eigenvalue weighted by atomic mass is 10.1. The average Bonchev–Trinajstić information content (AvgIpc) is 2.73. The molecule has 0 radical (unpaired) electrons. The molecule has 0 aromatic carbocycles. The molecule has 0 fully saturated rings. The van der Waals surface area contributed by atoms with Crippen LogP contribution in [-0.4, -0.2) is 14.7 Å². The molecule has 1 heterocycles. The maximum Gasteiger partial charge on any atom is 0.0955 e. The Balaban J connectivity index is 2.39. The number of imidazole rings is 1.